The van der Waals surface area contributed by atoms with Crippen molar-refractivity contribution >= 4 is 0 Å². The first-order valence-corrected chi connectivity index (χ1v) is 4.75. The molecule has 4 heteroatoms. The van der Waals surface area contributed by atoms with Crippen molar-refractivity contribution in [2.75, 3.05) is 0 Å². The van der Waals surface area contributed by atoms with Crippen molar-refractivity contribution in [3.8, 4) is 0 Å². The smallest absolute Gasteiger partial charge is 0.324 e. The Morgan fingerprint density at radius 1 is 1.20 bits per heavy atom. The lowest BCUT2D eigenvalue weighted by molar-refractivity contribution is -0.137. The maximum Gasteiger partial charge on any atom is 0.416 e. The van der Waals surface area contributed by atoms with Crippen LogP contribution in [0.2, 0.25) is 0 Å². The van der Waals surface area contributed by atoms with Gasteiger partial charge in [0.2, 0.25) is 0 Å². The van der Waals surface area contributed by atoms with Crippen LogP contribution in [0.3, 0.4) is 0 Å². The van der Waals surface area contributed by atoms with Gasteiger partial charge in [-0.3, -0.25) is 0 Å². The summed E-state index contributed by atoms with van der Waals surface area (Å²) in [5.41, 5.74) is 5.67. The topological polar surface area (TPSA) is 26.0 Å². The summed E-state index contributed by atoms with van der Waals surface area (Å²) in [7, 11) is 0. The lowest BCUT2D eigenvalue weighted by Crippen LogP contribution is -2.17. The van der Waals surface area contributed by atoms with E-state index < -0.39 is 11.7 Å². The van der Waals surface area contributed by atoms with Crippen LogP contribution in [0, 0.1) is 5.92 Å². The molecule has 0 aliphatic rings. The van der Waals surface area contributed by atoms with E-state index in [-0.39, 0.29) is 12.0 Å². The van der Waals surface area contributed by atoms with Gasteiger partial charge >= 0.3 is 6.18 Å². The Kier molecular flexibility index (Phi) is 3.39. The molecular formula is C11H14F3N. The van der Waals surface area contributed by atoms with Crippen LogP contribution in [0.1, 0.15) is 31.0 Å². The SMILES string of the molecule is CC(C)C(N)c1cccc(C(F)(F)F)c1. The Bertz CT molecular complexity index is 331. The van der Waals surface area contributed by atoms with Crippen LogP contribution in [0.15, 0.2) is 24.3 Å². The third kappa shape index (κ3) is 2.96. The highest BCUT2D eigenvalue weighted by Crippen LogP contribution is 2.31. The second kappa shape index (κ2) is 4.23. The molecule has 84 valence electrons. The van der Waals surface area contributed by atoms with Crippen molar-refractivity contribution in [2.24, 2.45) is 11.7 Å². The van der Waals surface area contributed by atoms with E-state index in [2.05, 4.69) is 0 Å². The third-order valence-corrected chi connectivity index (χ3v) is 2.32. The molecule has 0 saturated carbocycles. The molecule has 1 atom stereocenters. The molecule has 1 aromatic carbocycles. The van der Waals surface area contributed by atoms with Gasteiger partial charge in [0.15, 0.2) is 0 Å². The van der Waals surface area contributed by atoms with Gasteiger partial charge in [-0.05, 0) is 23.6 Å². The number of rotatable bonds is 2. The van der Waals surface area contributed by atoms with Crippen molar-refractivity contribution < 1.29 is 13.2 Å². The fourth-order valence-corrected chi connectivity index (χ4v) is 1.31. The highest BCUT2D eigenvalue weighted by atomic mass is 19.4. The molecule has 2 N–H and O–H groups in total. The van der Waals surface area contributed by atoms with Crippen LogP contribution in [0.4, 0.5) is 13.2 Å². The fourth-order valence-electron chi connectivity index (χ4n) is 1.31. The summed E-state index contributed by atoms with van der Waals surface area (Å²) in [6.07, 6.45) is -4.30. The molecule has 1 unspecified atom stereocenters. The number of alkyl halides is 3. The van der Waals surface area contributed by atoms with E-state index >= 15 is 0 Å². The molecule has 1 rings (SSSR count). The Hall–Kier alpha value is -1.03. The molecule has 1 nitrogen and oxygen atoms in total. The van der Waals surface area contributed by atoms with E-state index in [1.165, 1.54) is 6.07 Å². The zero-order valence-electron chi connectivity index (χ0n) is 8.68. The van der Waals surface area contributed by atoms with Crippen LogP contribution < -0.4 is 5.73 Å². The van der Waals surface area contributed by atoms with E-state index in [1.54, 1.807) is 6.07 Å². The van der Waals surface area contributed by atoms with Gasteiger partial charge in [0.25, 0.3) is 0 Å². The predicted molar refractivity (Wildman–Crippen MR) is 53.2 cm³/mol. The number of nitrogens with two attached hydrogens (primary N) is 1. The maximum atomic E-state index is 12.4. The molecule has 1 aromatic rings. The van der Waals surface area contributed by atoms with E-state index in [1.807, 2.05) is 13.8 Å². The second-order valence-corrected chi connectivity index (χ2v) is 3.89. The minimum Gasteiger partial charge on any atom is -0.324 e. The standard InChI is InChI=1S/C11H14F3N/c1-7(2)10(15)8-4-3-5-9(6-8)11(12,13)14/h3-7,10H,15H2,1-2H3. The maximum absolute atomic E-state index is 12.4. The summed E-state index contributed by atoms with van der Waals surface area (Å²) in [6, 6.07) is 4.83. The first-order valence-electron chi connectivity index (χ1n) is 4.75. The molecule has 0 aromatic heterocycles. The van der Waals surface area contributed by atoms with Crippen molar-refractivity contribution in [3.05, 3.63) is 35.4 Å². The van der Waals surface area contributed by atoms with Crippen LogP contribution in [-0.2, 0) is 6.18 Å². The molecule has 0 aliphatic heterocycles. The average molecular weight is 217 g/mol. The first-order chi connectivity index (χ1) is 6.82. The molecule has 0 bridgehead atoms. The Morgan fingerprint density at radius 3 is 2.27 bits per heavy atom. The number of benzene rings is 1. The zero-order chi connectivity index (χ0) is 11.6. The predicted octanol–water partition coefficient (Wildman–Crippen LogP) is 3.36. The van der Waals surface area contributed by atoms with Crippen molar-refractivity contribution in [2.45, 2.75) is 26.1 Å². The van der Waals surface area contributed by atoms with E-state index in [4.69, 9.17) is 5.73 Å². The Balaban J connectivity index is 3.03. The van der Waals surface area contributed by atoms with Crippen molar-refractivity contribution in [3.63, 3.8) is 0 Å². The average Bonchev–Trinajstić information content (AvgIpc) is 2.15. The Morgan fingerprint density at radius 2 is 1.80 bits per heavy atom. The second-order valence-electron chi connectivity index (χ2n) is 3.89. The van der Waals surface area contributed by atoms with E-state index in [9.17, 15) is 13.2 Å². The van der Waals surface area contributed by atoms with Gasteiger partial charge in [-0.2, -0.15) is 13.2 Å². The summed E-state index contributed by atoms with van der Waals surface area (Å²) in [4.78, 5) is 0. The van der Waals surface area contributed by atoms with Crippen LogP contribution in [0.25, 0.3) is 0 Å². The third-order valence-electron chi connectivity index (χ3n) is 2.32. The normalized spacial score (nSPS) is 14.3. The van der Waals surface area contributed by atoms with Gasteiger partial charge < -0.3 is 5.73 Å². The monoisotopic (exact) mass is 217 g/mol. The number of halogens is 3. The van der Waals surface area contributed by atoms with E-state index in [0.29, 0.717) is 5.56 Å². The first kappa shape index (κ1) is 12.0. The van der Waals surface area contributed by atoms with Gasteiger partial charge in [-0.15, -0.1) is 0 Å². The quantitative estimate of drug-likeness (QED) is 0.807. The largest absolute Gasteiger partial charge is 0.416 e. The van der Waals surface area contributed by atoms with Crippen molar-refractivity contribution in [1.82, 2.24) is 0 Å². The molecule has 0 fully saturated rings. The number of hydrogen-bond acceptors (Lipinski definition) is 1. The molecule has 0 amide bonds. The van der Waals surface area contributed by atoms with Gasteiger partial charge in [-0.1, -0.05) is 26.0 Å². The number of hydrogen-bond donors (Lipinski definition) is 1. The van der Waals surface area contributed by atoms with Crippen LogP contribution >= 0.6 is 0 Å². The van der Waals surface area contributed by atoms with E-state index in [0.717, 1.165) is 12.1 Å². The Labute approximate surface area is 87.1 Å². The summed E-state index contributed by atoms with van der Waals surface area (Å²) in [6.45, 7) is 3.76. The van der Waals surface area contributed by atoms with Crippen LogP contribution in [-0.4, -0.2) is 0 Å². The highest BCUT2D eigenvalue weighted by molar-refractivity contribution is 5.28. The molecule has 15 heavy (non-hydrogen) atoms. The summed E-state index contributed by atoms with van der Waals surface area (Å²) >= 11 is 0. The summed E-state index contributed by atoms with van der Waals surface area (Å²) in [5.74, 6) is 0.119. The van der Waals surface area contributed by atoms with Crippen LogP contribution in [0.5, 0.6) is 0 Å². The fraction of sp³-hybridized carbons (Fsp3) is 0.455. The molecule has 0 heterocycles. The summed E-state index contributed by atoms with van der Waals surface area (Å²) in [5, 5.41) is 0. The minimum atomic E-state index is -4.30. The molecule has 0 spiro atoms. The lowest BCUT2D eigenvalue weighted by Gasteiger charge is -2.17. The lowest BCUT2D eigenvalue weighted by atomic mass is 9.95. The zero-order valence-corrected chi connectivity index (χ0v) is 8.68. The molecule has 0 saturated heterocycles. The molecule has 0 aliphatic carbocycles. The van der Waals surface area contributed by atoms with Gasteiger partial charge in [0.1, 0.15) is 0 Å². The molecular weight excluding hydrogens is 203 g/mol. The van der Waals surface area contributed by atoms with Gasteiger partial charge in [-0.25, -0.2) is 0 Å². The minimum absolute atomic E-state index is 0.119. The molecule has 0 radical (unpaired) electrons. The van der Waals surface area contributed by atoms with Gasteiger partial charge in [0.05, 0.1) is 5.56 Å². The van der Waals surface area contributed by atoms with Crippen molar-refractivity contribution in [1.29, 1.82) is 0 Å². The highest BCUT2D eigenvalue weighted by Gasteiger charge is 2.30. The summed E-state index contributed by atoms with van der Waals surface area (Å²) < 4.78 is 37.2. The van der Waals surface area contributed by atoms with Gasteiger partial charge in [0, 0.05) is 6.04 Å².